The zero-order valence-electron chi connectivity index (χ0n) is 17.0. The van der Waals surface area contributed by atoms with Gasteiger partial charge in [-0.05, 0) is 43.2 Å². The minimum Gasteiger partial charge on any atom is -0.489 e. The van der Waals surface area contributed by atoms with Crippen molar-refractivity contribution in [1.82, 2.24) is 10.3 Å². The number of nitrogens with one attached hydrogen (secondary N) is 1. The maximum atomic E-state index is 13.1. The second-order valence-corrected chi connectivity index (χ2v) is 8.21. The van der Waals surface area contributed by atoms with Crippen molar-refractivity contribution in [2.75, 3.05) is 13.2 Å². The van der Waals surface area contributed by atoms with E-state index in [0.717, 1.165) is 31.1 Å². The molecule has 168 valence electrons. The summed E-state index contributed by atoms with van der Waals surface area (Å²) in [6.45, 7) is 1.01. The summed E-state index contributed by atoms with van der Waals surface area (Å²) in [5.41, 5.74) is 0.496. The highest BCUT2D eigenvalue weighted by molar-refractivity contribution is 7.13. The molecule has 1 amide bonds. The maximum absolute atomic E-state index is 13.1. The Morgan fingerprint density at radius 2 is 1.97 bits per heavy atom. The number of amides is 1. The molecule has 0 bridgehead atoms. The predicted octanol–water partition coefficient (Wildman–Crippen LogP) is 5.32. The Labute approximate surface area is 187 Å². The molecule has 5 nitrogen and oxygen atoms in total. The molecule has 1 aliphatic heterocycles. The number of thiazole rings is 1. The highest BCUT2D eigenvalue weighted by atomic mass is 32.1. The number of halogens is 3. The molecule has 4 rings (SSSR count). The molecule has 1 atom stereocenters. The van der Waals surface area contributed by atoms with Crippen LogP contribution in [-0.4, -0.2) is 30.1 Å². The van der Waals surface area contributed by atoms with Crippen LogP contribution >= 0.6 is 11.3 Å². The van der Waals surface area contributed by atoms with Crippen LogP contribution in [0.1, 0.15) is 34.5 Å². The minimum atomic E-state index is -4.43. The number of hydrogen-bond donors (Lipinski definition) is 1. The highest BCUT2D eigenvalue weighted by Gasteiger charge is 2.33. The second kappa shape index (κ2) is 9.70. The second-order valence-electron chi connectivity index (χ2n) is 7.35. The van der Waals surface area contributed by atoms with Gasteiger partial charge < -0.3 is 14.8 Å². The van der Waals surface area contributed by atoms with Gasteiger partial charge in [-0.25, -0.2) is 4.98 Å². The number of aromatic nitrogens is 1. The van der Waals surface area contributed by atoms with Crippen LogP contribution in [0, 0.1) is 0 Å². The van der Waals surface area contributed by atoms with Gasteiger partial charge in [0.25, 0.3) is 5.91 Å². The molecule has 1 fully saturated rings. The molecule has 1 aliphatic rings. The van der Waals surface area contributed by atoms with E-state index in [4.69, 9.17) is 9.47 Å². The Morgan fingerprint density at radius 3 is 2.69 bits per heavy atom. The van der Waals surface area contributed by atoms with Crippen molar-refractivity contribution < 1.29 is 27.4 Å². The number of carbonyl (C=O) groups excluding carboxylic acids is 1. The topological polar surface area (TPSA) is 60.5 Å². The van der Waals surface area contributed by atoms with Crippen LogP contribution in [0.4, 0.5) is 13.2 Å². The SMILES string of the molecule is O=C(NC[C@H]1CCCO1)c1csc(-c2ccc(OCc3ccccc3C(F)(F)F)cc2)n1. The number of alkyl halides is 3. The molecule has 1 saturated heterocycles. The lowest BCUT2D eigenvalue weighted by Crippen LogP contribution is -2.31. The van der Waals surface area contributed by atoms with E-state index >= 15 is 0 Å². The number of rotatable bonds is 7. The molecule has 1 aromatic heterocycles. The van der Waals surface area contributed by atoms with E-state index in [1.807, 2.05) is 0 Å². The fourth-order valence-corrected chi connectivity index (χ4v) is 4.20. The molecule has 0 unspecified atom stereocenters. The summed E-state index contributed by atoms with van der Waals surface area (Å²) in [6, 6.07) is 12.2. The van der Waals surface area contributed by atoms with Crippen LogP contribution in [0.3, 0.4) is 0 Å². The summed E-state index contributed by atoms with van der Waals surface area (Å²) in [4.78, 5) is 16.7. The van der Waals surface area contributed by atoms with Crippen molar-refractivity contribution in [2.24, 2.45) is 0 Å². The maximum Gasteiger partial charge on any atom is 0.416 e. The number of nitrogens with zero attached hydrogens (tertiary/aromatic N) is 1. The van der Waals surface area contributed by atoms with E-state index in [9.17, 15) is 18.0 Å². The van der Waals surface area contributed by atoms with Gasteiger partial charge in [-0.2, -0.15) is 13.2 Å². The molecule has 0 spiro atoms. The van der Waals surface area contributed by atoms with Crippen LogP contribution < -0.4 is 10.1 Å². The lowest BCUT2D eigenvalue weighted by Gasteiger charge is -2.13. The number of benzene rings is 2. The predicted molar refractivity (Wildman–Crippen MR) is 115 cm³/mol. The van der Waals surface area contributed by atoms with Gasteiger partial charge >= 0.3 is 6.18 Å². The van der Waals surface area contributed by atoms with E-state index in [1.54, 1.807) is 35.7 Å². The summed E-state index contributed by atoms with van der Waals surface area (Å²) in [5, 5.41) is 5.20. The minimum absolute atomic E-state index is 0.0627. The van der Waals surface area contributed by atoms with Gasteiger partial charge in [0.15, 0.2) is 0 Å². The standard InChI is InChI=1S/C23H21F3N2O3S/c24-23(25,26)19-6-2-1-4-16(19)13-31-17-9-7-15(8-10-17)22-28-20(14-32-22)21(29)27-12-18-5-3-11-30-18/h1-2,4,6-10,14,18H,3,5,11-13H2,(H,27,29)/t18-/m1/s1. The number of carbonyl (C=O) groups is 1. The third-order valence-electron chi connectivity index (χ3n) is 5.07. The van der Waals surface area contributed by atoms with Crippen LogP contribution in [0.15, 0.2) is 53.9 Å². The van der Waals surface area contributed by atoms with Crippen LogP contribution in [0.25, 0.3) is 10.6 Å². The number of ether oxygens (including phenoxy) is 2. The highest BCUT2D eigenvalue weighted by Crippen LogP contribution is 2.32. The zero-order valence-corrected chi connectivity index (χ0v) is 17.8. The molecule has 3 aromatic rings. The summed E-state index contributed by atoms with van der Waals surface area (Å²) in [7, 11) is 0. The molecule has 0 aliphatic carbocycles. The summed E-state index contributed by atoms with van der Waals surface area (Å²) in [6.07, 6.45) is -2.41. The molecule has 1 N–H and O–H groups in total. The fourth-order valence-electron chi connectivity index (χ4n) is 3.39. The molecule has 32 heavy (non-hydrogen) atoms. The van der Waals surface area contributed by atoms with Gasteiger partial charge in [-0.3, -0.25) is 4.79 Å². The van der Waals surface area contributed by atoms with Gasteiger partial charge in [0.05, 0.1) is 11.7 Å². The van der Waals surface area contributed by atoms with E-state index in [-0.39, 0.29) is 24.2 Å². The van der Waals surface area contributed by atoms with Crippen molar-refractivity contribution in [3.63, 3.8) is 0 Å². The Bertz CT molecular complexity index is 1060. The third-order valence-corrected chi connectivity index (χ3v) is 5.96. The van der Waals surface area contributed by atoms with Gasteiger partial charge in [0.2, 0.25) is 0 Å². The van der Waals surface area contributed by atoms with Crippen molar-refractivity contribution >= 4 is 17.2 Å². The van der Waals surface area contributed by atoms with Crippen LogP contribution in [0.5, 0.6) is 5.75 Å². The average molecular weight is 462 g/mol. The first-order chi connectivity index (χ1) is 15.4. The van der Waals surface area contributed by atoms with Crippen molar-refractivity contribution in [3.8, 4) is 16.3 Å². The number of hydrogen-bond acceptors (Lipinski definition) is 5. The van der Waals surface area contributed by atoms with Gasteiger partial charge in [0.1, 0.15) is 23.1 Å². The first-order valence-electron chi connectivity index (χ1n) is 10.1. The molecule has 9 heteroatoms. The molecule has 2 aromatic carbocycles. The zero-order chi connectivity index (χ0) is 22.6. The molecule has 2 heterocycles. The first kappa shape index (κ1) is 22.3. The molecule has 0 radical (unpaired) electrons. The monoisotopic (exact) mass is 462 g/mol. The summed E-state index contributed by atoms with van der Waals surface area (Å²) in [5.74, 6) is 0.197. The smallest absolute Gasteiger partial charge is 0.416 e. The average Bonchev–Trinajstić information content (AvgIpc) is 3.48. The lowest BCUT2D eigenvalue weighted by atomic mass is 10.1. The summed E-state index contributed by atoms with van der Waals surface area (Å²) >= 11 is 1.34. The van der Waals surface area contributed by atoms with Crippen molar-refractivity contribution in [3.05, 3.63) is 70.7 Å². The summed E-state index contributed by atoms with van der Waals surface area (Å²) < 4.78 is 50.4. The molecular weight excluding hydrogens is 441 g/mol. The quantitative estimate of drug-likeness (QED) is 0.517. The normalized spacial score (nSPS) is 16.2. The fraction of sp³-hybridized carbons (Fsp3) is 0.304. The van der Waals surface area contributed by atoms with Crippen LogP contribution in [-0.2, 0) is 17.5 Å². The first-order valence-corrected chi connectivity index (χ1v) is 11.0. The lowest BCUT2D eigenvalue weighted by molar-refractivity contribution is -0.138. The van der Waals surface area contributed by atoms with E-state index < -0.39 is 11.7 Å². The van der Waals surface area contributed by atoms with Gasteiger partial charge in [0, 0.05) is 29.7 Å². The molecular formula is C23H21F3N2O3S. The van der Waals surface area contributed by atoms with Gasteiger partial charge in [-0.1, -0.05) is 18.2 Å². The van der Waals surface area contributed by atoms with E-state index in [0.29, 0.717) is 23.0 Å². The Morgan fingerprint density at radius 1 is 1.19 bits per heavy atom. The van der Waals surface area contributed by atoms with Gasteiger partial charge in [-0.15, -0.1) is 11.3 Å². The Hall–Kier alpha value is -2.91. The largest absolute Gasteiger partial charge is 0.489 e. The molecule has 0 saturated carbocycles. The van der Waals surface area contributed by atoms with E-state index in [1.165, 1.54) is 23.5 Å². The van der Waals surface area contributed by atoms with Crippen molar-refractivity contribution in [1.29, 1.82) is 0 Å². The van der Waals surface area contributed by atoms with Crippen molar-refractivity contribution in [2.45, 2.75) is 31.7 Å². The third kappa shape index (κ3) is 5.46. The Kier molecular flexibility index (Phi) is 6.76. The van der Waals surface area contributed by atoms with Crippen LogP contribution in [0.2, 0.25) is 0 Å². The Balaban J connectivity index is 1.36. The van der Waals surface area contributed by atoms with E-state index in [2.05, 4.69) is 10.3 Å².